The van der Waals surface area contributed by atoms with Gasteiger partial charge in [-0.05, 0) is 25.5 Å². The van der Waals surface area contributed by atoms with Gasteiger partial charge < -0.3 is 5.10 Å². The maximum Gasteiger partial charge on any atom is 0.272 e. The lowest BCUT2D eigenvalue weighted by atomic mass is 10.3. The Kier molecular flexibility index (Phi) is 2.68. The van der Waals surface area contributed by atoms with Crippen LogP contribution in [0.25, 0.3) is 0 Å². The Morgan fingerprint density at radius 3 is 2.81 bits per heavy atom. The number of hydrogen-bond acceptors (Lipinski definition) is 3. The van der Waals surface area contributed by atoms with Crippen LogP contribution in [0.3, 0.4) is 0 Å². The van der Waals surface area contributed by atoms with Gasteiger partial charge in [-0.3, -0.25) is 9.89 Å². The molecule has 2 aromatic heterocycles. The number of rotatable bonds is 2. The van der Waals surface area contributed by atoms with E-state index in [1.807, 2.05) is 26.0 Å². The number of aromatic amines is 2. The standard InChI is InChI=1S/C11H12N4O/c1-7-4-3-5-12-10(7)13-6-9-8(2)14-15-11(9)16/h3-6H,1-2H3,(H2,14,15,16). The van der Waals surface area contributed by atoms with E-state index in [0.29, 0.717) is 11.4 Å². The van der Waals surface area contributed by atoms with Crippen molar-refractivity contribution in [2.75, 3.05) is 0 Å². The highest BCUT2D eigenvalue weighted by Gasteiger charge is 2.02. The Morgan fingerprint density at radius 1 is 1.38 bits per heavy atom. The number of aliphatic imine (C=N–C) groups is 1. The Labute approximate surface area is 92.3 Å². The van der Waals surface area contributed by atoms with Crippen molar-refractivity contribution in [3.8, 4) is 0 Å². The fraction of sp³-hybridized carbons (Fsp3) is 0.182. The van der Waals surface area contributed by atoms with Crippen molar-refractivity contribution < 1.29 is 0 Å². The van der Waals surface area contributed by atoms with Crippen LogP contribution in [0.15, 0.2) is 28.1 Å². The fourth-order valence-electron chi connectivity index (χ4n) is 1.35. The van der Waals surface area contributed by atoms with E-state index in [-0.39, 0.29) is 5.56 Å². The molecular formula is C11H12N4O. The molecule has 0 saturated heterocycles. The molecule has 82 valence electrons. The van der Waals surface area contributed by atoms with Crippen LogP contribution in [-0.4, -0.2) is 21.4 Å². The third-order valence-corrected chi connectivity index (χ3v) is 2.31. The number of nitrogens with one attached hydrogen (secondary N) is 2. The molecule has 5 nitrogen and oxygen atoms in total. The largest absolute Gasteiger partial charge is 0.302 e. The molecule has 0 aliphatic heterocycles. The summed E-state index contributed by atoms with van der Waals surface area (Å²) in [6.45, 7) is 3.73. The summed E-state index contributed by atoms with van der Waals surface area (Å²) in [7, 11) is 0. The molecule has 0 saturated carbocycles. The summed E-state index contributed by atoms with van der Waals surface area (Å²) < 4.78 is 0. The van der Waals surface area contributed by atoms with Crippen molar-refractivity contribution in [3.63, 3.8) is 0 Å². The minimum Gasteiger partial charge on any atom is -0.302 e. The maximum atomic E-state index is 11.3. The number of pyridine rings is 1. The third kappa shape index (κ3) is 1.93. The zero-order valence-corrected chi connectivity index (χ0v) is 9.11. The fourth-order valence-corrected chi connectivity index (χ4v) is 1.35. The highest BCUT2D eigenvalue weighted by atomic mass is 16.1. The molecule has 0 unspecified atom stereocenters. The van der Waals surface area contributed by atoms with E-state index in [9.17, 15) is 4.79 Å². The first-order valence-corrected chi connectivity index (χ1v) is 4.91. The maximum absolute atomic E-state index is 11.3. The normalized spacial score (nSPS) is 11.1. The van der Waals surface area contributed by atoms with Gasteiger partial charge in [0, 0.05) is 18.1 Å². The van der Waals surface area contributed by atoms with Crippen LogP contribution < -0.4 is 5.56 Å². The first-order valence-electron chi connectivity index (χ1n) is 4.91. The van der Waals surface area contributed by atoms with Gasteiger partial charge in [-0.2, -0.15) is 0 Å². The van der Waals surface area contributed by atoms with Crippen LogP contribution in [0.2, 0.25) is 0 Å². The Morgan fingerprint density at radius 2 is 2.19 bits per heavy atom. The monoisotopic (exact) mass is 216 g/mol. The Hall–Kier alpha value is -2.17. The van der Waals surface area contributed by atoms with E-state index in [2.05, 4.69) is 20.2 Å². The molecule has 2 heterocycles. The van der Waals surface area contributed by atoms with E-state index in [1.165, 1.54) is 6.21 Å². The summed E-state index contributed by atoms with van der Waals surface area (Å²) in [6.07, 6.45) is 3.20. The predicted octanol–water partition coefficient (Wildman–Crippen LogP) is 1.47. The minimum absolute atomic E-state index is 0.171. The van der Waals surface area contributed by atoms with Crippen molar-refractivity contribution in [2.45, 2.75) is 13.8 Å². The van der Waals surface area contributed by atoms with Gasteiger partial charge in [0.05, 0.1) is 5.56 Å². The van der Waals surface area contributed by atoms with Gasteiger partial charge in [0.2, 0.25) is 0 Å². The van der Waals surface area contributed by atoms with Crippen molar-refractivity contribution in [2.24, 2.45) is 4.99 Å². The van der Waals surface area contributed by atoms with Gasteiger partial charge in [0.15, 0.2) is 5.82 Å². The second-order valence-electron chi connectivity index (χ2n) is 3.52. The molecule has 0 aliphatic rings. The molecule has 0 radical (unpaired) electrons. The zero-order chi connectivity index (χ0) is 11.5. The number of aryl methyl sites for hydroxylation is 2. The molecule has 0 fully saturated rings. The number of nitrogens with zero attached hydrogens (tertiary/aromatic N) is 2. The highest BCUT2D eigenvalue weighted by Crippen LogP contribution is 2.12. The lowest BCUT2D eigenvalue weighted by Crippen LogP contribution is -2.05. The van der Waals surface area contributed by atoms with Crippen molar-refractivity contribution >= 4 is 12.0 Å². The van der Waals surface area contributed by atoms with E-state index >= 15 is 0 Å². The van der Waals surface area contributed by atoms with E-state index < -0.39 is 0 Å². The summed E-state index contributed by atoms with van der Waals surface area (Å²) in [6, 6.07) is 3.77. The molecule has 0 aliphatic carbocycles. The van der Waals surface area contributed by atoms with Crippen LogP contribution in [0.5, 0.6) is 0 Å². The summed E-state index contributed by atoms with van der Waals surface area (Å²) in [5, 5.41) is 5.23. The molecule has 5 heteroatoms. The number of aromatic nitrogens is 3. The molecule has 0 aromatic carbocycles. The molecule has 2 aromatic rings. The summed E-state index contributed by atoms with van der Waals surface area (Å²) in [4.78, 5) is 19.7. The van der Waals surface area contributed by atoms with Gasteiger partial charge in [0.1, 0.15) is 0 Å². The predicted molar refractivity (Wildman–Crippen MR) is 62.4 cm³/mol. The van der Waals surface area contributed by atoms with Crippen LogP contribution >= 0.6 is 0 Å². The van der Waals surface area contributed by atoms with Crippen LogP contribution in [-0.2, 0) is 0 Å². The molecule has 2 rings (SSSR count). The second kappa shape index (κ2) is 4.14. The number of H-pyrrole nitrogens is 2. The Bertz CT molecular complexity index is 580. The lowest BCUT2D eigenvalue weighted by molar-refractivity contribution is 1.02. The molecule has 0 bridgehead atoms. The molecule has 0 spiro atoms. The van der Waals surface area contributed by atoms with Gasteiger partial charge in [-0.15, -0.1) is 0 Å². The number of hydrogen-bond donors (Lipinski definition) is 2. The van der Waals surface area contributed by atoms with Crippen molar-refractivity contribution in [1.82, 2.24) is 15.2 Å². The van der Waals surface area contributed by atoms with Crippen LogP contribution in [0.1, 0.15) is 16.8 Å². The highest BCUT2D eigenvalue weighted by molar-refractivity contribution is 5.82. The smallest absolute Gasteiger partial charge is 0.272 e. The van der Waals surface area contributed by atoms with E-state index in [1.54, 1.807) is 6.20 Å². The third-order valence-electron chi connectivity index (χ3n) is 2.31. The topological polar surface area (TPSA) is 73.9 Å². The van der Waals surface area contributed by atoms with Gasteiger partial charge in [0.25, 0.3) is 5.56 Å². The average molecular weight is 216 g/mol. The molecule has 0 amide bonds. The lowest BCUT2D eigenvalue weighted by Gasteiger charge is -1.95. The zero-order valence-electron chi connectivity index (χ0n) is 9.11. The average Bonchev–Trinajstić information content (AvgIpc) is 2.58. The summed E-state index contributed by atoms with van der Waals surface area (Å²) >= 11 is 0. The molecular weight excluding hydrogens is 204 g/mol. The molecule has 0 atom stereocenters. The van der Waals surface area contributed by atoms with Gasteiger partial charge in [-0.25, -0.2) is 9.98 Å². The molecule has 2 N–H and O–H groups in total. The van der Waals surface area contributed by atoms with Gasteiger partial charge in [-0.1, -0.05) is 6.07 Å². The minimum atomic E-state index is -0.171. The summed E-state index contributed by atoms with van der Waals surface area (Å²) in [5.41, 5.74) is 2.10. The van der Waals surface area contributed by atoms with Crippen molar-refractivity contribution in [1.29, 1.82) is 0 Å². The van der Waals surface area contributed by atoms with Crippen LogP contribution in [0, 0.1) is 13.8 Å². The second-order valence-corrected chi connectivity index (χ2v) is 3.52. The van der Waals surface area contributed by atoms with E-state index in [4.69, 9.17) is 0 Å². The quantitative estimate of drug-likeness (QED) is 0.746. The first-order chi connectivity index (χ1) is 7.68. The van der Waals surface area contributed by atoms with Crippen LogP contribution in [0.4, 0.5) is 5.82 Å². The van der Waals surface area contributed by atoms with Crippen molar-refractivity contribution in [3.05, 3.63) is 45.5 Å². The molecule has 16 heavy (non-hydrogen) atoms. The SMILES string of the molecule is Cc1cccnc1N=Cc1c(C)[nH][nH]c1=O. The first kappa shape index (κ1) is 10.4. The van der Waals surface area contributed by atoms with E-state index in [0.717, 1.165) is 11.3 Å². The Balaban J connectivity index is 2.36. The summed E-state index contributed by atoms with van der Waals surface area (Å²) in [5.74, 6) is 0.627. The van der Waals surface area contributed by atoms with Gasteiger partial charge >= 0.3 is 0 Å².